The molecule has 0 aromatic carbocycles. The number of Topliss-reactive ketones (excluding diaryl/α,β-unsaturated/α-hetero) is 1. The number of hydrogen-bond acceptors (Lipinski definition) is 4. The number of rotatable bonds is 4. The molecule has 1 heterocycles. The number of ether oxygens (including phenoxy) is 2. The molecule has 5 heteroatoms. The number of amides is 1. The first-order chi connectivity index (χ1) is 8.69. The fourth-order valence-electron chi connectivity index (χ4n) is 2.77. The Hall–Kier alpha value is -1.10. The molecule has 1 aliphatic heterocycles. The largest absolute Gasteiger partial charge is 0.453 e. The normalized spacial score (nSPS) is 30.7. The zero-order valence-electron chi connectivity index (χ0n) is 11.1. The highest BCUT2D eigenvalue weighted by Crippen LogP contribution is 2.39. The van der Waals surface area contributed by atoms with Crippen LogP contribution in [0, 0.1) is 5.92 Å². The second kappa shape index (κ2) is 5.69. The Morgan fingerprint density at radius 1 is 1.50 bits per heavy atom. The lowest BCUT2D eigenvalue weighted by Crippen LogP contribution is -2.65. The fourth-order valence-corrected chi connectivity index (χ4v) is 2.77. The lowest BCUT2D eigenvalue weighted by atomic mass is 9.70. The highest BCUT2D eigenvalue weighted by molar-refractivity contribution is 5.86. The highest BCUT2D eigenvalue weighted by atomic mass is 16.5. The van der Waals surface area contributed by atoms with Crippen LogP contribution in [0.15, 0.2) is 0 Å². The third-order valence-corrected chi connectivity index (χ3v) is 3.89. The second-order valence-electron chi connectivity index (χ2n) is 4.98. The zero-order chi connectivity index (χ0) is 13.1. The molecule has 102 valence electrons. The van der Waals surface area contributed by atoms with Crippen molar-refractivity contribution >= 4 is 11.9 Å². The number of ketones is 1. The van der Waals surface area contributed by atoms with Crippen LogP contribution in [0.25, 0.3) is 0 Å². The minimum Gasteiger partial charge on any atom is -0.453 e. The minimum absolute atomic E-state index is 0.00454. The molecule has 1 saturated heterocycles. The summed E-state index contributed by atoms with van der Waals surface area (Å²) in [5.74, 6) is 0.222. The van der Waals surface area contributed by atoms with Crippen molar-refractivity contribution in [3.8, 4) is 0 Å². The van der Waals surface area contributed by atoms with E-state index in [1.165, 1.54) is 7.11 Å². The van der Waals surface area contributed by atoms with Gasteiger partial charge in [-0.05, 0) is 12.8 Å². The van der Waals surface area contributed by atoms with E-state index in [2.05, 4.69) is 6.92 Å². The van der Waals surface area contributed by atoms with Gasteiger partial charge in [-0.25, -0.2) is 4.79 Å². The number of likely N-dealkylation sites (tertiary alicyclic amines) is 1. The molecular weight excluding hydrogens is 234 g/mol. The Morgan fingerprint density at radius 2 is 2.28 bits per heavy atom. The van der Waals surface area contributed by atoms with E-state index in [-0.39, 0.29) is 29.9 Å². The molecule has 2 rings (SSSR count). The van der Waals surface area contributed by atoms with Crippen LogP contribution in [0.1, 0.15) is 32.6 Å². The van der Waals surface area contributed by atoms with E-state index in [0.29, 0.717) is 19.6 Å². The number of fused-ring (bicyclic) bond motifs is 1. The Balaban J connectivity index is 1.96. The van der Waals surface area contributed by atoms with Gasteiger partial charge in [0.15, 0.2) is 0 Å². The molecule has 1 saturated carbocycles. The van der Waals surface area contributed by atoms with Crippen LogP contribution in [-0.4, -0.2) is 49.2 Å². The minimum atomic E-state index is -0.346. The SMILES string of the molecule is CCCCO[C@H]1C[C@H]2C(=O)CCN(C(=O)OC)[C@@H]12. The Labute approximate surface area is 107 Å². The summed E-state index contributed by atoms with van der Waals surface area (Å²) >= 11 is 0. The van der Waals surface area contributed by atoms with Gasteiger partial charge in [0, 0.05) is 25.5 Å². The molecule has 0 radical (unpaired) electrons. The van der Waals surface area contributed by atoms with Crippen LogP contribution in [-0.2, 0) is 14.3 Å². The first kappa shape index (κ1) is 13.3. The molecule has 18 heavy (non-hydrogen) atoms. The maximum atomic E-state index is 11.8. The average Bonchev–Trinajstić information content (AvgIpc) is 2.35. The molecule has 2 aliphatic rings. The summed E-state index contributed by atoms with van der Waals surface area (Å²) in [6.45, 7) is 3.27. The van der Waals surface area contributed by atoms with E-state index in [0.717, 1.165) is 19.3 Å². The molecule has 3 atom stereocenters. The van der Waals surface area contributed by atoms with Crippen LogP contribution < -0.4 is 0 Å². The topological polar surface area (TPSA) is 55.8 Å². The van der Waals surface area contributed by atoms with E-state index >= 15 is 0 Å². The van der Waals surface area contributed by atoms with Crippen LogP contribution in [0.2, 0.25) is 0 Å². The van der Waals surface area contributed by atoms with Crippen molar-refractivity contribution in [3.63, 3.8) is 0 Å². The molecule has 1 amide bonds. The van der Waals surface area contributed by atoms with Crippen molar-refractivity contribution in [2.45, 2.75) is 44.8 Å². The van der Waals surface area contributed by atoms with Crippen molar-refractivity contribution in [1.82, 2.24) is 4.90 Å². The Kier molecular flexibility index (Phi) is 4.22. The van der Waals surface area contributed by atoms with Crippen LogP contribution in [0.5, 0.6) is 0 Å². The monoisotopic (exact) mass is 255 g/mol. The van der Waals surface area contributed by atoms with Crippen LogP contribution in [0.4, 0.5) is 4.79 Å². The number of piperidine rings is 1. The van der Waals surface area contributed by atoms with E-state index in [1.807, 2.05) is 0 Å². The molecule has 0 unspecified atom stereocenters. The second-order valence-corrected chi connectivity index (χ2v) is 4.98. The number of unbranched alkanes of at least 4 members (excludes halogenated alkanes) is 1. The van der Waals surface area contributed by atoms with Crippen molar-refractivity contribution in [2.24, 2.45) is 5.92 Å². The van der Waals surface area contributed by atoms with Crippen molar-refractivity contribution in [3.05, 3.63) is 0 Å². The Bertz CT molecular complexity index is 331. The number of hydrogen-bond donors (Lipinski definition) is 0. The number of carbonyl (C=O) groups excluding carboxylic acids is 2. The fraction of sp³-hybridized carbons (Fsp3) is 0.846. The number of methoxy groups -OCH3 is 1. The van der Waals surface area contributed by atoms with E-state index in [4.69, 9.17) is 9.47 Å². The van der Waals surface area contributed by atoms with Gasteiger partial charge >= 0.3 is 6.09 Å². The molecule has 2 fully saturated rings. The quantitative estimate of drug-likeness (QED) is 0.716. The molecule has 0 N–H and O–H groups in total. The average molecular weight is 255 g/mol. The first-order valence-corrected chi connectivity index (χ1v) is 6.68. The van der Waals surface area contributed by atoms with E-state index < -0.39 is 0 Å². The smallest absolute Gasteiger partial charge is 0.409 e. The maximum absolute atomic E-state index is 11.8. The summed E-state index contributed by atoms with van der Waals surface area (Å²) in [4.78, 5) is 25.1. The van der Waals surface area contributed by atoms with Crippen molar-refractivity contribution in [1.29, 1.82) is 0 Å². The molecule has 5 nitrogen and oxygen atoms in total. The predicted molar refractivity (Wildman–Crippen MR) is 65.3 cm³/mol. The number of nitrogens with zero attached hydrogens (tertiary/aromatic N) is 1. The summed E-state index contributed by atoms with van der Waals surface area (Å²) in [5.41, 5.74) is 0. The highest BCUT2D eigenvalue weighted by Gasteiger charge is 2.53. The van der Waals surface area contributed by atoms with E-state index in [9.17, 15) is 9.59 Å². The van der Waals surface area contributed by atoms with Gasteiger partial charge < -0.3 is 14.4 Å². The zero-order valence-corrected chi connectivity index (χ0v) is 11.1. The van der Waals surface area contributed by atoms with Gasteiger partial charge in [0.25, 0.3) is 0 Å². The lowest BCUT2D eigenvalue weighted by molar-refractivity contribution is -0.153. The summed E-state index contributed by atoms with van der Waals surface area (Å²) in [7, 11) is 1.37. The Morgan fingerprint density at radius 3 is 2.94 bits per heavy atom. The summed E-state index contributed by atoms with van der Waals surface area (Å²) in [6.07, 6.45) is 2.95. The van der Waals surface area contributed by atoms with Gasteiger partial charge in [0.1, 0.15) is 5.78 Å². The third-order valence-electron chi connectivity index (χ3n) is 3.89. The molecule has 0 spiro atoms. The van der Waals surface area contributed by atoms with Gasteiger partial charge in [0.05, 0.1) is 19.3 Å². The van der Waals surface area contributed by atoms with Gasteiger partial charge in [-0.1, -0.05) is 13.3 Å². The van der Waals surface area contributed by atoms with Gasteiger partial charge in [-0.15, -0.1) is 0 Å². The molecule has 0 aromatic heterocycles. The van der Waals surface area contributed by atoms with Gasteiger partial charge in [-0.2, -0.15) is 0 Å². The molecule has 0 aromatic rings. The van der Waals surface area contributed by atoms with Crippen molar-refractivity contribution in [2.75, 3.05) is 20.3 Å². The standard InChI is InChI=1S/C13H21NO4/c1-3-4-7-18-11-8-9-10(15)5-6-14(12(9)11)13(16)17-2/h9,11-12H,3-8H2,1-2H3/t9-,11-,12+/m0/s1. The lowest BCUT2D eigenvalue weighted by Gasteiger charge is -2.51. The summed E-state index contributed by atoms with van der Waals surface area (Å²) < 4.78 is 10.5. The third kappa shape index (κ3) is 2.36. The number of carbonyl (C=O) groups is 2. The van der Waals surface area contributed by atoms with Crippen molar-refractivity contribution < 1.29 is 19.1 Å². The maximum Gasteiger partial charge on any atom is 0.409 e. The molecule has 0 bridgehead atoms. The summed E-state index contributed by atoms with van der Waals surface area (Å²) in [6, 6.07) is -0.101. The summed E-state index contributed by atoms with van der Waals surface area (Å²) in [5, 5.41) is 0. The predicted octanol–water partition coefficient (Wildman–Crippen LogP) is 1.60. The van der Waals surface area contributed by atoms with Crippen LogP contribution in [0.3, 0.4) is 0 Å². The molecule has 1 aliphatic carbocycles. The van der Waals surface area contributed by atoms with Crippen LogP contribution >= 0.6 is 0 Å². The van der Waals surface area contributed by atoms with Gasteiger partial charge in [0.2, 0.25) is 0 Å². The van der Waals surface area contributed by atoms with Gasteiger partial charge in [-0.3, -0.25) is 4.79 Å². The van der Waals surface area contributed by atoms with E-state index in [1.54, 1.807) is 4.90 Å². The first-order valence-electron chi connectivity index (χ1n) is 6.68. The molecular formula is C13H21NO4.